The topological polar surface area (TPSA) is 122 Å². The van der Waals surface area contributed by atoms with Gasteiger partial charge < -0.3 is 15.2 Å². The number of hydrogen-bond acceptors (Lipinski definition) is 6. The van der Waals surface area contributed by atoms with Crippen molar-refractivity contribution >= 4 is 39.2 Å². The second kappa shape index (κ2) is 10.0. The first-order valence-corrected chi connectivity index (χ1v) is 10.9. The number of halogens is 1. The lowest BCUT2D eigenvalue weighted by molar-refractivity contribution is -0.157. The smallest absolute Gasteiger partial charge is 0.327 e. The predicted molar refractivity (Wildman–Crippen MR) is 113 cm³/mol. The molecule has 0 aliphatic heterocycles. The molecule has 3 atom stereocenters. The molecular formula is C20H23ClN2O6S. The van der Waals surface area contributed by atoms with Gasteiger partial charge in [-0.05, 0) is 51.1 Å². The maximum absolute atomic E-state index is 12.5. The van der Waals surface area contributed by atoms with Crippen LogP contribution >= 0.6 is 11.6 Å². The van der Waals surface area contributed by atoms with Crippen molar-refractivity contribution in [3.05, 3.63) is 59.1 Å². The monoisotopic (exact) mass is 454 g/mol. The highest BCUT2D eigenvalue weighted by Gasteiger charge is 2.33. The number of ether oxygens (including phenoxy) is 1. The fraction of sp³-hybridized carbons (Fsp3) is 0.300. The summed E-state index contributed by atoms with van der Waals surface area (Å²) in [5.41, 5.74) is 1.27. The van der Waals surface area contributed by atoms with Crippen LogP contribution in [0.4, 0.5) is 5.69 Å². The zero-order valence-corrected chi connectivity index (χ0v) is 18.2. The molecule has 0 radical (unpaired) electrons. The second-order valence-corrected chi connectivity index (χ2v) is 8.88. The maximum Gasteiger partial charge on any atom is 0.327 e. The molecule has 0 aliphatic rings. The van der Waals surface area contributed by atoms with Gasteiger partial charge in [-0.3, -0.25) is 9.59 Å². The summed E-state index contributed by atoms with van der Waals surface area (Å²) in [6.07, 6.45) is -2.65. The SMILES string of the molecule is Cc1ccc(S(=O)(=O)NC(C(=O)OC(C)C(=O)Nc2cccc(Cl)c2)C(C)O)cc1. The Kier molecular flexibility index (Phi) is 7.96. The number of sulfonamides is 1. The number of esters is 1. The molecule has 0 saturated heterocycles. The highest BCUT2D eigenvalue weighted by atomic mass is 35.5. The molecule has 0 aliphatic carbocycles. The Balaban J connectivity index is 2.07. The number of amides is 1. The summed E-state index contributed by atoms with van der Waals surface area (Å²) in [6, 6.07) is 10.8. The van der Waals surface area contributed by atoms with Crippen LogP contribution in [0.1, 0.15) is 19.4 Å². The van der Waals surface area contributed by atoms with Crippen molar-refractivity contribution in [1.29, 1.82) is 0 Å². The van der Waals surface area contributed by atoms with E-state index in [-0.39, 0.29) is 4.90 Å². The van der Waals surface area contributed by atoms with Gasteiger partial charge in [-0.15, -0.1) is 0 Å². The van der Waals surface area contributed by atoms with Gasteiger partial charge in [-0.2, -0.15) is 4.72 Å². The van der Waals surface area contributed by atoms with Gasteiger partial charge in [0.25, 0.3) is 5.91 Å². The maximum atomic E-state index is 12.5. The summed E-state index contributed by atoms with van der Waals surface area (Å²) in [4.78, 5) is 24.6. The van der Waals surface area contributed by atoms with E-state index in [2.05, 4.69) is 10.0 Å². The molecular weight excluding hydrogens is 432 g/mol. The van der Waals surface area contributed by atoms with Gasteiger partial charge in [0, 0.05) is 10.7 Å². The predicted octanol–water partition coefficient (Wildman–Crippen LogP) is 2.25. The molecule has 0 aromatic heterocycles. The van der Waals surface area contributed by atoms with Gasteiger partial charge >= 0.3 is 5.97 Å². The molecule has 0 saturated carbocycles. The second-order valence-electron chi connectivity index (χ2n) is 6.73. The number of nitrogens with one attached hydrogen (secondary N) is 2. The van der Waals surface area contributed by atoms with Crippen LogP contribution in [0.25, 0.3) is 0 Å². The number of benzene rings is 2. The van der Waals surface area contributed by atoms with Crippen LogP contribution < -0.4 is 10.0 Å². The summed E-state index contributed by atoms with van der Waals surface area (Å²) in [5, 5.41) is 12.9. The van der Waals surface area contributed by atoms with E-state index < -0.39 is 40.1 Å². The van der Waals surface area contributed by atoms with Crippen LogP contribution in [-0.2, 0) is 24.3 Å². The van der Waals surface area contributed by atoms with E-state index in [1.54, 1.807) is 37.3 Å². The zero-order chi connectivity index (χ0) is 22.5. The third kappa shape index (κ3) is 6.53. The molecule has 2 aromatic carbocycles. The van der Waals surface area contributed by atoms with Crippen molar-refractivity contribution < 1.29 is 27.9 Å². The van der Waals surface area contributed by atoms with Crippen LogP contribution in [-0.4, -0.2) is 43.7 Å². The van der Waals surface area contributed by atoms with Crippen molar-refractivity contribution in [1.82, 2.24) is 4.72 Å². The largest absolute Gasteiger partial charge is 0.451 e. The van der Waals surface area contributed by atoms with Crippen molar-refractivity contribution in [2.24, 2.45) is 0 Å². The molecule has 10 heteroatoms. The summed E-state index contributed by atoms with van der Waals surface area (Å²) >= 11 is 5.86. The molecule has 0 bridgehead atoms. The van der Waals surface area contributed by atoms with Gasteiger partial charge in [0.15, 0.2) is 6.10 Å². The molecule has 162 valence electrons. The molecule has 0 fully saturated rings. The van der Waals surface area contributed by atoms with E-state index in [1.165, 1.54) is 32.0 Å². The minimum Gasteiger partial charge on any atom is -0.451 e. The van der Waals surface area contributed by atoms with Gasteiger partial charge in [0.2, 0.25) is 10.0 Å². The number of rotatable bonds is 8. The van der Waals surface area contributed by atoms with Crippen LogP contribution in [0, 0.1) is 6.92 Å². The fourth-order valence-electron chi connectivity index (χ4n) is 2.41. The average Bonchev–Trinajstić information content (AvgIpc) is 2.66. The minimum atomic E-state index is -4.10. The van der Waals surface area contributed by atoms with Crippen LogP contribution in [0.2, 0.25) is 5.02 Å². The van der Waals surface area contributed by atoms with Crippen LogP contribution in [0.3, 0.4) is 0 Å². The van der Waals surface area contributed by atoms with E-state index in [0.29, 0.717) is 10.7 Å². The normalized spacial score (nSPS) is 14.4. The van der Waals surface area contributed by atoms with E-state index in [0.717, 1.165) is 5.56 Å². The number of carbonyl (C=O) groups excluding carboxylic acids is 2. The van der Waals surface area contributed by atoms with Crippen LogP contribution in [0.15, 0.2) is 53.4 Å². The lowest BCUT2D eigenvalue weighted by atomic mass is 10.2. The fourth-order valence-corrected chi connectivity index (χ4v) is 3.86. The van der Waals surface area contributed by atoms with Crippen molar-refractivity contribution in [3.8, 4) is 0 Å². The highest BCUT2D eigenvalue weighted by molar-refractivity contribution is 7.89. The van der Waals surface area contributed by atoms with Crippen molar-refractivity contribution in [2.45, 2.75) is 43.9 Å². The summed E-state index contributed by atoms with van der Waals surface area (Å²) < 4.78 is 32.3. The summed E-state index contributed by atoms with van der Waals surface area (Å²) in [7, 11) is -4.10. The first-order chi connectivity index (χ1) is 14.0. The van der Waals surface area contributed by atoms with Crippen molar-refractivity contribution in [3.63, 3.8) is 0 Å². The van der Waals surface area contributed by atoms with E-state index in [9.17, 15) is 23.1 Å². The molecule has 0 spiro atoms. The number of hydrogen-bond donors (Lipinski definition) is 3. The molecule has 30 heavy (non-hydrogen) atoms. The third-order valence-electron chi connectivity index (χ3n) is 4.10. The minimum absolute atomic E-state index is 0.0710. The van der Waals surface area contributed by atoms with Crippen molar-refractivity contribution in [2.75, 3.05) is 5.32 Å². The molecule has 0 heterocycles. The molecule has 3 unspecified atom stereocenters. The van der Waals surface area contributed by atoms with Gasteiger partial charge in [-0.25, -0.2) is 8.42 Å². The number of anilines is 1. The first-order valence-electron chi connectivity index (χ1n) is 9.03. The Hall–Kier alpha value is -2.46. The third-order valence-corrected chi connectivity index (χ3v) is 5.80. The van der Waals surface area contributed by atoms with E-state index in [1.807, 2.05) is 0 Å². The summed E-state index contributed by atoms with van der Waals surface area (Å²) in [6.45, 7) is 4.36. The Bertz CT molecular complexity index is 1010. The average molecular weight is 455 g/mol. The first kappa shape index (κ1) is 23.8. The molecule has 2 rings (SSSR count). The van der Waals surface area contributed by atoms with Gasteiger partial charge in [0.05, 0.1) is 11.0 Å². The molecule has 3 N–H and O–H groups in total. The van der Waals surface area contributed by atoms with E-state index >= 15 is 0 Å². The Labute approximate surface area is 180 Å². The van der Waals surface area contributed by atoms with E-state index in [4.69, 9.17) is 16.3 Å². The number of carbonyl (C=O) groups is 2. The van der Waals surface area contributed by atoms with Gasteiger partial charge in [-0.1, -0.05) is 35.4 Å². The molecule has 8 nitrogen and oxygen atoms in total. The summed E-state index contributed by atoms with van der Waals surface area (Å²) in [5.74, 6) is -1.73. The number of aliphatic hydroxyl groups is 1. The van der Waals surface area contributed by atoms with Crippen LogP contribution in [0.5, 0.6) is 0 Å². The molecule has 2 aromatic rings. The Morgan fingerprint density at radius 1 is 1.10 bits per heavy atom. The molecule has 1 amide bonds. The lowest BCUT2D eigenvalue weighted by Crippen LogP contribution is -2.49. The Morgan fingerprint density at radius 3 is 2.30 bits per heavy atom. The highest BCUT2D eigenvalue weighted by Crippen LogP contribution is 2.16. The van der Waals surface area contributed by atoms with Gasteiger partial charge in [0.1, 0.15) is 6.04 Å². The standard InChI is InChI=1S/C20H23ClN2O6S/c1-12-7-9-17(10-8-12)30(27,28)23-18(13(2)24)20(26)29-14(3)19(25)22-16-6-4-5-15(21)11-16/h4-11,13-14,18,23-24H,1-3H3,(H,22,25). The number of aryl methyl sites for hydroxylation is 1. The quantitative estimate of drug-likeness (QED) is 0.526. The Morgan fingerprint density at radius 2 is 1.73 bits per heavy atom. The zero-order valence-electron chi connectivity index (χ0n) is 16.6. The number of aliphatic hydroxyl groups excluding tert-OH is 1. The lowest BCUT2D eigenvalue weighted by Gasteiger charge is -2.22.